The van der Waals surface area contributed by atoms with Crippen molar-refractivity contribution >= 4 is 75.4 Å². The second-order valence-electron chi connectivity index (χ2n) is 13.9. The Morgan fingerprint density at radius 3 is 1.96 bits per heavy atom. The van der Waals surface area contributed by atoms with Gasteiger partial charge in [0.05, 0.1) is 22.1 Å². The number of ether oxygens (including phenoxy) is 1. The van der Waals surface area contributed by atoms with E-state index in [1.807, 2.05) is 138 Å². The minimum atomic E-state index is -6.63. The summed E-state index contributed by atoms with van der Waals surface area (Å²) in [5.74, 6) is -8.31. The highest BCUT2D eigenvalue weighted by atomic mass is 28.3. The van der Waals surface area contributed by atoms with Crippen molar-refractivity contribution in [3.63, 3.8) is 0 Å². The molecule has 7 aromatic carbocycles. The summed E-state index contributed by atoms with van der Waals surface area (Å²) < 4.78 is 172. The Kier molecular flexibility index (Phi) is 5.43. The lowest BCUT2D eigenvalue weighted by Gasteiger charge is -2.44. The first-order valence-electron chi connectivity index (χ1n) is 27.6. The average molecular weight is 808 g/mol. The molecule has 0 saturated carbocycles. The van der Waals surface area contributed by atoms with Crippen LogP contribution in [-0.4, -0.2) is 45.7 Å². The summed E-state index contributed by atoms with van der Waals surface area (Å²) in [6.45, 7) is -7.77. The van der Waals surface area contributed by atoms with E-state index in [4.69, 9.17) is 23.4 Å². The molecule has 7 heteroatoms. The fourth-order valence-electron chi connectivity index (χ4n) is 8.74. The van der Waals surface area contributed by atoms with Gasteiger partial charge in [0.1, 0.15) is 11.5 Å². The number of para-hydroxylation sites is 6. The molecular formula is C50H47N3OSi3. The fraction of sp³-hybridized carbons (Fsp3) is 0.140. The molecule has 57 heavy (non-hydrogen) atoms. The Balaban J connectivity index is 1.38. The third kappa shape index (κ3) is 5.55. The number of benzene rings is 7. The van der Waals surface area contributed by atoms with Crippen molar-refractivity contribution in [2.75, 3.05) is 0 Å². The maximum atomic E-state index is 10.3. The zero-order chi connectivity index (χ0) is 54.2. The Labute approximate surface area is 365 Å². The summed E-state index contributed by atoms with van der Waals surface area (Å²) in [5.41, 5.74) is 2.95. The Bertz CT molecular complexity index is 3580. The molecule has 1 aliphatic rings. The molecular weight excluding hydrogens is 743 g/mol. The van der Waals surface area contributed by atoms with Gasteiger partial charge in [-0.3, -0.25) is 8.97 Å². The van der Waals surface area contributed by atoms with Crippen LogP contribution in [0.1, 0.15) is 56.8 Å². The highest BCUT2D eigenvalue weighted by Gasteiger charge is 2.48. The van der Waals surface area contributed by atoms with Crippen LogP contribution in [-0.2, 0) is 4.66 Å². The minimum Gasteiger partial charge on any atom is -0.457 e. The van der Waals surface area contributed by atoms with E-state index in [0.29, 0.717) is 32.2 Å². The van der Waals surface area contributed by atoms with E-state index in [0.717, 1.165) is 28.1 Å². The van der Waals surface area contributed by atoms with Gasteiger partial charge in [-0.1, -0.05) is 172 Å². The van der Waals surface area contributed by atoms with Gasteiger partial charge in [-0.2, -0.15) is 0 Å². The first-order valence-corrected chi connectivity index (χ1v) is 22.6. The smallest absolute Gasteiger partial charge is 0.220 e. The summed E-state index contributed by atoms with van der Waals surface area (Å²) >= 11 is 0. The molecule has 1 aliphatic heterocycles. The lowest BCUT2D eigenvalue weighted by molar-refractivity contribution is 0.455. The molecule has 0 aliphatic carbocycles. The zero-order valence-corrected chi connectivity index (χ0v) is 33.5. The molecule has 2 aromatic heterocycles. The summed E-state index contributed by atoms with van der Waals surface area (Å²) in [4.78, 5) is 5.11. The molecule has 0 amide bonds. The highest BCUT2D eigenvalue weighted by Crippen LogP contribution is 2.48. The summed E-state index contributed by atoms with van der Waals surface area (Å²) in [7, 11) is -17.4. The van der Waals surface area contributed by atoms with Crippen LogP contribution < -0.4 is 25.5 Å². The molecule has 0 saturated heterocycles. The van der Waals surface area contributed by atoms with Gasteiger partial charge in [0.2, 0.25) is 5.78 Å². The second kappa shape index (κ2) is 14.6. The van der Waals surface area contributed by atoms with Crippen molar-refractivity contribution in [3.05, 3.63) is 187 Å². The highest BCUT2D eigenvalue weighted by molar-refractivity contribution is 7.20. The quantitative estimate of drug-likeness (QED) is 0.0978. The zero-order valence-electron chi connectivity index (χ0n) is 48.5. The standard InChI is InChI=1S/C50H47N3OSi3/c1-3-33-55-50(56-34-4-2)40-25-11-16-31-46(40)54-48-41(50)26-18-32-47(48)57(37-20-7-5-8-21-37,38-22-9-6-10-23-38)39-24-17-19-36(35-39)52-44-29-14-15-30-45(44)53-43-28-13-12-27-42(43)51-49(52)53/h5-32,35H,3-4,33-34,55-56H2,1-2H3/i1D3,2D3,3D2,4D2,33D2,34D2,55D2,56D2. The minimum absolute atomic E-state index is 0.280. The van der Waals surface area contributed by atoms with Crippen LogP contribution in [0, 0.1) is 0 Å². The lowest BCUT2D eigenvalue weighted by atomic mass is 9.98. The second-order valence-corrected chi connectivity index (χ2v) is 20.6. The number of hydrogen-bond donors (Lipinski definition) is 0. The van der Waals surface area contributed by atoms with Crippen molar-refractivity contribution < 1.29 is 23.9 Å². The van der Waals surface area contributed by atoms with Crippen LogP contribution >= 0.6 is 0 Å². The number of imidazole rings is 2. The molecule has 0 unspecified atom stereocenters. The van der Waals surface area contributed by atoms with E-state index in [1.54, 1.807) is 6.07 Å². The van der Waals surface area contributed by atoms with Gasteiger partial charge in [0.15, 0.2) is 8.07 Å². The number of rotatable bonds is 11. The molecule has 280 valence electrons. The van der Waals surface area contributed by atoms with Crippen molar-refractivity contribution in [2.45, 2.75) is 43.1 Å². The maximum absolute atomic E-state index is 10.3. The third-order valence-corrected chi connectivity index (χ3v) is 18.9. The van der Waals surface area contributed by atoms with Gasteiger partial charge < -0.3 is 4.74 Å². The molecule has 4 nitrogen and oxygen atoms in total. The van der Waals surface area contributed by atoms with Crippen LogP contribution in [0.2, 0.25) is 12.0 Å². The van der Waals surface area contributed by atoms with Gasteiger partial charge in [0, 0.05) is 53.2 Å². The van der Waals surface area contributed by atoms with Crippen LogP contribution in [0.3, 0.4) is 0 Å². The predicted octanol–water partition coefficient (Wildman–Crippen LogP) is 8.11. The first kappa shape index (κ1) is 21.1. The monoisotopic (exact) mass is 807 g/mol. The summed E-state index contributed by atoms with van der Waals surface area (Å²) in [6.07, 6.45) is -8.18. The molecule has 0 fully saturated rings. The van der Waals surface area contributed by atoms with Gasteiger partial charge in [-0.05, 0) is 74.3 Å². The summed E-state index contributed by atoms with van der Waals surface area (Å²) in [5, 5.41) is 2.42. The largest absolute Gasteiger partial charge is 0.457 e. The molecule has 0 N–H and O–H groups in total. The molecule has 9 aromatic rings. The molecule has 0 spiro atoms. The molecule has 0 bridgehead atoms. The van der Waals surface area contributed by atoms with Gasteiger partial charge in [-0.15, -0.1) is 0 Å². The van der Waals surface area contributed by atoms with E-state index in [2.05, 4.69) is 4.40 Å². The Morgan fingerprint density at radius 2 is 1.23 bits per heavy atom. The van der Waals surface area contributed by atoms with Gasteiger partial charge >= 0.3 is 0 Å². The average Bonchev–Trinajstić information content (AvgIpc) is 3.91. The number of nitrogens with zero attached hydrogens (tertiary/aromatic N) is 3. The number of fused-ring (bicyclic) bond motifs is 7. The van der Waals surface area contributed by atoms with E-state index in [1.165, 1.54) is 30.3 Å². The third-order valence-electron chi connectivity index (χ3n) is 11.0. The normalized spacial score (nSPS) is 20.1. The molecule has 0 radical (unpaired) electrons. The van der Waals surface area contributed by atoms with Crippen LogP contribution in [0.5, 0.6) is 11.5 Å². The SMILES string of the molecule is [2H]C([2H])([2H])C([2H])([2H])C([2H])([2H])[Si]([2H])([2H])C1([Si]([2H])([2H])C([2H])([2H])C([2H])([2H])C([2H])([2H])[2H])c2ccccc2Oc2c1cccc2[Si](c1ccccc1)(c1ccccc1)c1cccc(-n2c3ccccc3n3c4ccccc4nc23)c1. The maximum Gasteiger partial charge on any atom is 0.220 e. The lowest BCUT2D eigenvalue weighted by Crippen LogP contribution is -2.75. The number of hydrogen-bond acceptors (Lipinski definition) is 2. The van der Waals surface area contributed by atoms with Crippen molar-refractivity contribution in [3.8, 4) is 17.2 Å². The van der Waals surface area contributed by atoms with E-state index in [-0.39, 0.29) is 11.5 Å². The number of aromatic nitrogens is 3. The van der Waals surface area contributed by atoms with Crippen LogP contribution in [0.4, 0.5) is 0 Å². The first-order chi connectivity index (χ1) is 35.1. The van der Waals surface area contributed by atoms with Crippen LogP contribution in [0.15, 0.2) is 176 Å². The fourth-order valence-corrected chi connectivity index (χ4v) is 16.1. The van der Waals surface area contributed by atoms with Crippen LogP contribution in [0.25, 0.3) is 33.5 Å². The van der Waals surface area contributed by atoms with E-state index in [9.17, 15) is 10.4 Å². The van der Waals surface area contributed by atoms with Crippen molar-refractivity contribution in [2.24, 2.45) is 0 Å². The Morgan fingerprint density at radius 1 is 0.632 bits per heavy atom. The Hall–Kier alpha value is -5.74. The van der Waals surface area contributed by atoms with Gasteiger partial charge in [-0.25, -0.2) is 4.98 Å². The van der Waals surface area contributed by atoms with E-state index < -0.39 is 81.1 Å². The van der Waals surface area contributed by atoms with Crippen molar-refractivity contribution in [1.82, 2.24) is 14.0 Å². The molecule has 10 rings (SSSR count). The molecule has 0 atom stereocenters. The topological polar surface area (TPSA) is 31.5 Å². The van der Waals surface area contributed by atoms with E-state index >= 15 is 0 Å². The molecule has 3 heterocycles. The predicted molar refractivity (Wildman–Crippen MR) is 248 cm³/mol. The van der Waals surface area contributed by atoms with Crippen molar-refractivity contribution in [1.29, 1.82) is 4.94 Å². The summed E-state index contributed by atoms with van der Waals surface area (Å²) in [6, 6.07) is 51.7. The van der Waals surface area contributed by atoms with Gasteiger partial charge in [0.25, 0.3) is 0 Å².